The fourth-order valence-corrected chi connectivity index (χ4v) is 4.27. The number of para-hydroxylation sites is 2. The Morgan fingerprint density at radius 2 is 2.00 bits per heavy atom. The number of aryl methyl sites for hydroxylation is 1. The summed E-state index contributed by atoms with van der Waals surface area (Å²) < 4.78 is 7.78. The Morgan fingerprint density at radius 1 is 1.23 bits per heavy atom. The number of aliphatic imine (C=N–C) groups is 1. The molecule has 1 amide bonds. The Kier molecular flexibility index (Phi) is 6.52. The molecular formula is C22H32N6O2. The van der Waals surface area contributed by atoms with Gasteiger partial charge in [0, 0.05) is 45.9 Å². The van der Waals surface area contributed by atoms with Gasteiger partial charge in [0.25, 0.3) is 5.91 Å². The third-order valence-corrected chi connectivity index (χ3v) is 5.86. The highest BCUT2D eigenvalue weighted by Gasteiger charge is 2.30. The number of piperazine rings is 1. The fourth-order valence-electron chi connectivity index (χ4n) is 4.27. The number of carbonyl (C=O) groups is 1. The van der Waals surface area contributed by atoms with Crippen molar-refractivity contribution in [2.45, 2.75) is 39.3 Å². The maximum atomic E-state index is 12.6. The van der Waals surface area contributed by atoms with Crippen LogP contribution in [0.2, 0.25) is 0 Å². The first-order valence-corrected chi connectivity index (χ1v) is 11.0. The van der Waals surface area contributed by atoms with E-state index in [2.05, 4.69) is 32.8 Å². The van der Waals surface area contributed by atoms with Crippen molar-refractivity contribution in [3.63, 3.8) is 0 Å². The van der Waals surface area contributed by atoms with E-state index in [0.29, 0.717) is 26.2 Å². The molecule has 30 heavy (non-hydrogen) atoms. The number of benzene rings is 1. The molecular weight excluding hydrogens is 380 g/mol. The van der Waals surface area contributed by atoms with E-state index in [1.54, 1.807) is 0 Å². The Balaban J connectivity index is 1.36. The van der Waals surface area contributed by atoms with Crippen molar-refractivity contribution >= 4 is 22.9 Å². The summed E-state index contributed by atoms with van der Waals surface area (Å²) in [4.78, 5) is 26.3. The summed E-state index contributed by atoms with van der Waals surface area (Å²) >= 11 is 0. The second kappa shape index (κ2) is 9.47. The van der Waals surface area contributed by atoms with Crippen LogP contribution in [0.3, 0.4) is 0 Å². The maximum Gasteiger partial charge on any atom is 0.251 e. The predicted octanol–water partition coefficient (Wildman–Crippen LogP) is 1.63. The Hall–Kier alpha value is -2.61. The van der Waals surface area contributed by atoms with E-state index in [-0.39, 0.29) is 12.0 Å². The number of carbonyl (C=O) groups excluding carboxylic acids is 1. The molecule has 2 aliphatic rings. The molecule has 8 heteroatoms. The molecule has 2 saturated heterocycles. The molecule has 2 aliphatic heterocycles. The fraction of sp³-hybridized carbons (Fsp3) is 0.591. The van der Waals surface area contributed by atoms with E-state index < -0.39 is 0 Å². The van der Waals surface area contributed by atoms with E-state index in [1.165, 1.54) is 0 Å². The van der Waals surface area contributed by atoms with E-state index in [4.69, 9.17) is 9.73 Å². The molecule has 0 spiro atoms. The number of fused-ring (bicyclic) bond motifs is 1. The largest absolute Gasteiger partial charge is 0.368 e. The molecule has 1 unspecified atom stereocenters. The third-order valence-electron chi connectivity index (χ3n) is 5.86. The topological polar surface area (TPSA) is 75.0 Å². The minimum Gasteiger partial charge on any atom is -0.368 e. The summed E-state index contributed by atoms with van der Waals surface area (Å²) in [6, 6.07) is 8.21. The van der Waals surface area contributed by atoms with Gasteiger partial charge in [0.05, 0.1) is 17.6 Å². The zero-order valence-corrected chi connectivity index (χ0v) is 18.0. The first-order chi connectivity index (χ1) is 14.7. The van der Waals surface area contributed by atoms with Crippen LogP contribution in [0.4, 0.5) is 0 Å². The first-order valence-electron chi connectivity index (χ1n) is 11.0. The molecule has 0 radical (unpaired) electrons. The quantitative estimate of drug-likeness (QED) is 0.597. The van der Waals surface area contributed by atoms with Crippen molar-refractivity contribution in [3.05, 3.63) is 30.1 Å². The van der Waals surface area contributed by atoms with Gasteiger partial charge in [-0.2, -0.15) is 0 Å². The molecule has 2 fully saturated rings. The smallest absolute Gasteiger partial charge is 0.251 e. The normalized spacial score (nSPS) is 20.2. The average molecular weight is 413 g/mol. The summed E-state index contributed by atoms with van der Waals surface area (Å²) in [7, 11) is 0. The standard InChI is InChI=1S/C22H32N6O2/c1-3-23-22(24-10-11-28-17(2)25-18-7-4-5-8-19(18)28)27-14-12-26(13-15-27)21(29)20-9-6-16-30-20/h4-5,7-8,20H,3,6,9-16H2,1-2H3,(H,23,24). The molecule has 1 aromatic heterocycles. The molecule has 1 N–H and O–H groups in total. The molecule has 2 aromatic rings. The van der Waals surface area contributed by atoms with Crippen LogP contribution in [0, 0.1) is 6.92 Å². The highest BCUT2D eigenvalue weighted by molar-refractivity contribution is 5.83. The number of nitrogens with one attached hydrogen (secondary N) is 1. The zero-order chi connectivity index (χ0) is 20.9. The van der Waals surface area contributed by atoms with Gasteiger partial charge in [0.1, 0.15) is 11.9 Å². The molecule has 0 bridgehead atoms. The van der Waals surface area contributed by atoms with Gasteiger partial charge in [0.2, 0.25) is 0 Å². The number of nitrogens with zero attached hydrogens (tertiary/aromatic N) is 5. The number of aromatic nitrogens is 2. The Labute approximate surface area is 177 Å². The van der Waals surface area contributed by atoms with Gasteiger partial charge in [-0.3, -0.25) is 9.79 Å². The summed E-state index contributed by atoms with van der Waals surface area (Å²) in [6.45, 7) is 10.1. The van der Waals surface area contributed by atoms with Crippen molar-refractivity contribution < 1.29 is 9.53 Å². The van der Waals surface area contributed by atoms with E-state index in [9.17, 15) is 4.79 Å². The number of imidazole rings is 1. The molecule has 0 aliphatic carbocycles. The minimum atomic E-state index is -0.230. The van der Waals surface area contributed by atoms with Crippen LogP contribution >= 0.6 is 0 Å². The second-order valence-electron chi connectivity index (χ2n) is 7.85. The number of guanidine groups is 1. The van der Waals surface area contributed by atoms with Crippen molar-refractivity contribution in [2.75, 3.05) is 45.9 Å². The summed E-state index contributed by atoms with van der Waals surface area (Å²) in [5.41, 5.74) is 2.18. The van der Waals surface area contributed by atoms with Crippen LogP contribution in [0.25, 0.3) is 11.0 Å². The number of amides is 1. The number of hydrogen-bond acceptors (Lipinski definition) is 4. The van der Waals surface area contributed by atoms with Gasteiger partial charge in [-0.15, -0.1) is 0 Å². The number of ether oxygens (including phenoxy) is 1. The minimum absolute atomic E-state index is 0.150. The third kappa shape index (κ3) is 4.43. The highest BCUT2D eigenvalue weighted by atomic mass is 16.5. The lowest BCUT2D eigenvalue weighted by molar-refractivity contribution is -0.142. The second-order valence-corrected chi connectivity index (χ2v) is 7.85. The molecule has 162 valence electrons. The van der Waals surface area contributed by atoms with Crippen LogP contribution in [0.1, 0.15) is 25.6 Å². The van der Waals surface area contributed by atoms with Gasteiger partial charge in [0.15, 0.2) is 5.96 Å². The van der Waals surface area contributed by atoms with Crippen LogP contribution in [0.5, 0.6) is 0 Å². The van der Waals surface area contributed by atoms with Gasteiger partial charge in [-0.25, -0.2) is 4.98 Å². The molecule has 8 nitrogen and oxygen atoms in total. The lowest BCUT2D eigenvalue weighted by Gasteiger charge is -2.37. The first kappa shape index (κ1) is 20.7. The van der Waals surface area contributed by atoms with Crippen LogP contribution in [-0.4, -0.2) is 83.2 Å². The van der Waals surface area contributed by atoms with E-state index >= 15 is 0 Å². The van der Waals surface area contributed by atoms with E-state index in [0.717, 1.165) is 61.8 Å². The average Bonchev–Trinajstić information content (AvgIpc) is 3.41. The highest BCUT2D eigenvalue weighted by Crippen LogP contribution is 2.17. The SMILES string of the molecule is CCNC(=NCCn1c(C)nc2ccccc21)N1CCN(C(=O)C2CCCO2)CC1. The Morgan fingerprint density at radius 3 is 2.73 bits per heavy atom. The Bertz CT molecular complexity index is 894. The molecule has 1 atom stereocenters. The molecule has 0 saturated carbocycles. The summed E-state index contributed by atoms with van der Waals surface area (Å²) in [6.07, 6.45) is 1.61. The molecule has 4 rings (SSSR count). The molecule has 1 aromatic carbocycles. The van der Waals surface area contributed by atoms with Crippen LogP contribution in [-0.2, 0) is 16.1 Å². The van der Waals surface area contributed by atoms with Gasteiger partial charge in [-0.1, -0.05) is 12.1 Å². The van der Waals surface area contributed by atoms with Gasteiger partial charge < -0.3 is 24.4 Å². The van der Waals surface area contributed by atoms with Crippen molar-refractivity contribution in [3.8, 4) is 0 Å². The predicted molar refractivity (Wildman–Crippen MR) is 118 cm³/mol. The van der Waals surface area contributed by atoms with Crippen LogP contribution < -0.4 is 5.32 Å². The zero-order valence-electron chi connectivity index (χ0n) is 18.0. The maximum absolute atomic E-state index is 12.6. The number of hydrogen-bond donors (Lipinski definition) is 1. The van der Waals surface area contributed by atoms with E-state index in [1.807, 2.05) is 30.0 Å². The molecule has 3 heterocycles. The lowest BCUT2D eigenvalue weighted by Crippen LogP contribution is -2.55. The van der Waals surface area contributed by atoms with Crippen molar-refractivity contribution in [1.29, 1.82) is 0 Å². The summed E-state index contributed by atoms with van der Waals surface area (Å²) in [5, 5.41) is 3.41. The van der Waals surface area contributed by atoms with Gasteiger partial charge >= 0.3 is 0 Å². The van der Waals surface area contributed by atoms with Gasteiger partial charge in [-0.05, 0) is 38.8 Å². The van der Waals surface area contributed by atoms with Crippen molar-refractivity contribution in [2.24, 2.45) is 4.99 Å². The van der Waals surface area contributed by atoms with Crippen molar-refractivity contribution in [1.82, 2.24) is 24.7 Å². The monoisotopic (exact) mass is 412 g/mol. The summed E-state index contributed by atoms with van der Waals surface area (Å²) in [5.74, 6) is 2.08. The van der Waals surface area contributed by atoms with Crippen LogP contribution in [0.15, 0.2) is 29.3 Å². The number of rotatable bonds is 5. The lowest BCUT2D eigenvalue weighted by atomic mass is 10.2.